The molecule has 0 radical (unpaired) electrons. The number of aliphatic hydroxyl groups is 2. The molecule has 0 aromatic rings. The average Bonchev–Trinajstić information content (AvgIpc) is 1.99. The zero-order chi connectivity index (χ0) is 7.98. The highest BCUT2D eigenvalue weighted by Crippen LogP contribution is 1.90. The number of Topliss-reactive ketones (excluding diaryl/α,β-unsaturated/α-hetero) is 2. The van der Waals surface area contributed by atoms with E-state index in [1.54, 1.807) is 0 Å². The van der Waals surface area contributed by atoms with Crippen LogP contribution >= 0.6 is 0 Å². The number of carbonyl (C=O) groups is 2. The fraction of sp³-hybridized carbons (Fsp3) is 0.667. The first kappa shape index (κ1) is 9.26. The zero-order valence-corrected chi connectivity index (χ0v) is 5.54. The van der Waals surface area contributed by atoms with Gasteiger partial charge in [-0.2, -0.15) is 0 Å². The van der Waals surface area contributed by atoms with E-state index in [0.29, 0.717) is 0 Å². The number of hydrogen-bond acceptors (Lipinski definition) is 4. The largest absolute Gasteiger partial charge is 0.389 e. The molecule has 0 aromatic heterocycles. The minimum atomic E-state index is -0.529. The van der Waals surface area contributed by atoms with Crippen molar-refractivity contribution in [2.45, 2.75) is 12.8 Å². The first-order valence-corrected chi connectivity index (χ1v) is 2.95. The van der Waals surface area contributed by atoms with Crippen molar-refractivity contribution in [2.75, 3.05) is 13.2 Å². The molecule has 0 aliphatic heterocycles. The Morgan fingerprint density at radius 2 is 1.20 bits per heavy atom. The summed E-state index contributed by atoms with van der Waals surface area (Å²) >= 11 is 0. The van der Waals surface area contributed by atoms with Crippen molar-refractivity contribution >= 4 is 11.6 Å². The lowest BCUT2D eigenvalue weighted by molar-refractivity contribution is -0.126. The van der Waals surface area contributed by atoms with Crippen LogP contribution in [0.5, 0.6) is 0 Å². The van der Waals surface area contributed by atoms with Crippen LogP contribution in [0.1, 0.15) is 12.8 Å². The van der Waals surface area contributed by atoms with Crippen molar-refractivity contribution in [3.05, 3.63) is 0 Å². The van der Waals surface area contributed by atoms with E-state index in [2.05, 4.69) is 0 Å². The third-order valence-corrected chi connectivity index (χ3v) is 1.04. The van der Waals surface area contributed by atoms with Crippen LogP contribution < -0.4 is 0 Å². The van der Waals surface area contributed by atoms with Gasteiger partial charge in [0.05, 0.1) is 0 Å². The first-order valence-electron chi connectivity index (χ1n) is 2.95. The van der Waals surface area contributed by atoms with Gasteiger partial charge in [0.15, 0.2) is 11.6 Å². The van der Waals surface area contributed by atoms with E-state index in [-0.39, 0.29) is 24.4 Å². The van der Waals surface area contributed by atoms with Crippen molar-refractivity contribution in [3.8, 4) is 0 Å². The van der Waals surface area contributed by atoms with Gasteiger partial charge in [0, 0.05) is 12.8 Å². The second-order valence-electron chi connectivity index (χ2n) is 1.89. The van der Waals surface area contributed by atoms with E-state index in [1.807, 2.05) is 0 Å². The van der Waals surface area contributed by atoms with Gasteiger partial charge in [-0.1, -0.05) is 0 Å². The summed E-state index contributed by atoms with van der Waals surface area (Å²) < 4.78 is 0. The summed E-state index contributed by atoms with van der Waals surface area (Å²) in [4.78, 5) is 20.7. The minimum absolute atomic E-state index is 0.0237. The Hall–Kier alpha value is -0.740. The Balaban J connectivity index is 3.35. The van der Waals surface area contributed by atoms with Crippen molar-refractivity contribution in [1.29, 1.82) is 0 Å². The third-order valence-electron chi connectivity index (χ3n) is 1.04. The van der Waals surface area contributed by atoms with Crippen LogP contribution in [0.25, 0.3) is 0 Å². The van der Waals surface area contributed by atoms with Crippen molar-refractivity contribution in [3.63, 3.8) is 0 Å². The Labute approximate surface area is 58.5 Å². The van der Waals surface area contributed by atoms with Crippen molar-refractivity contribution < 1.29 is 19.8 Å². The molecule has 0 saturated carbocycles. The summed E-state index contributed by atoms with van der Waals surface area (Å²) in [5, 5.41) is 16.4. The van der Waals surface area contributed by atoms with E-state index in [0.717, 1.165) is 0 Å². The molecule has 0 bridgehead atoms. The molecule has 4 heteroatoms. The van der Waals surface area contributed by atoms with E-state index < -0.39 is 13.2 Å². The number of carbonyl (C=O) groups excluding carboxylic acids is 2. The number of hydrogen-bond donors (Lipinski definition) is 2. The molecular weight excluding hydrogens is 136 g/mol. The van der Waals surface area contributed by atoms with E-state index in [4.69, 9.17) is 10.2 Å². The van der Waals surface area contributed by atoms with Crippen LogP contribution in [0.2, 0.25) is 0 Å². The molecule has 4 nitrogen and oxygen atoms in total. The molecule has 0 aliphatic carbocycles. The SMILES string of the molecule is O=C(CO)CCC(=O)CO. The highest BCUT2D eigenvalue weighted by atomic mass is 16.3. The summed E-state index contributed by atoms with van der Waals surface area (Å²) in [6.07, 6.45) is 0.0474. The molecule has 0 amide bonds. The molecule has 0 rings (SSSR count). The first-order chi connectivity index (χ1) is 4.70. The molecule has 0 atom stereocenters. The van der Waals surface area contributed by atoms with Gasteiger partial charge in [-0.3, -0.25) is 9.59 Å². The van der Waals surface area contributed by atoms with Gasteiger partial charge in [-0.15, -0.1) is 0 Å². The fourth-order valence-electron chi connectivity index (χ4n) is 0.437. The van der Waals surface area contributed by atoms with Gasteiger partial charge in [-0.05, 0) is 0 Å². The Bertz CT molecular complexity index is 114. The van der Waals surface area contributed by atoms with Gasteiger partial charge < -0.3 is 10.2 Å². The summed E-state index contributed by atoms with van der Waals surface area (Å²) in [7, 11) is 0. The van der Waals surface area contributed by atoms with Gasteiger partial charge in [0.1, 0.15) is 13.2 Å². The molecule has 0 aromatic carbocycles. The Morgan fingerprint density at radius 1 is 0.900 bits per heavy atom. The topological polar surface area (TPSA) is 74.6 Å². The molecule has 0 fully saturated rings. The van der Waals surface area contributed by atoms with Crippen LogP contribution in [0.4, 0.5) is 0 Å². The Kier molecular flexibility index (Phi) is 4.70. The second-order valence-corrected chi connectivity index (χ2v) is 1.89. The molecule has 58 valence electrons. The molecule has 0 spiro atoms. The average molecular weight is 146 g/mol. The second kappa shape index (κ2) is 5.08. The lowest BCUT2D eigenvalue weighted by Gasteiger charge is -1.93. The summed E-state index contributed by atoms with van der Waals surface area (Å²) in [6.45, 7) is -1.06. The maximum Gasteiger partial charge on any atom is 0.158 e. The predicted molar refractivity (Wildman–Crippen MR) is 33.4 cm³/mol. The van der Waals surface area contributed by atoms with Crippen LogP contribution in [0.15, 0.2) is 0 Å². The smallest absolute Gasteiger partial charge is 0.158 e. The van der Waals surface area contributed by atoms with Gasteiger partial charge >= 0.3 is 0 Å². The van der Waals surface area contributed by atoms with E-state index in [1.165, 1.54) is 0 Å². The van der Waals surface area contributed by atoms with Gasteiger partial charge in [0.25, 0.3) is 0 Å². The highest BCUT2D eigenvalue weighted by molar-refractivity contribution is 5.86. The van der Waals surface area contributed by atoms with Crippen LogP contribution in [0, 0.1) is 0 Å². The number of rotatable bonds is 5. The molecule has 10 heavy (non-hydrogen) atoms. The van der Waals surface area contributed by atoms with Crippen LogP contribution in [-0.4, -0.2) is 35.0 Å². The van der Waals surface area contributed by atoms with Crippen molar-refractivity contribution in [1.82, 2.24) is 0 Å². The van der Waals surface area contributed by atoms with Crippen LogP contribution in [0.3, 0.4) is 0 Å². The lowest BCUT2D eigenvalue weighted by Crippen LogP contribution is -2.09. The molecule has 0 unspecified atom stereocenters. The Morgan fingerprint density at radius 3 is 1.40 bits per heavy atom. The summed E-state index contributed by atoms with van der Waals surface area (Å²) in [6, 6.07) is 0. The van der Waals surface area contributed by atoms with Crippen molar-refractivity contribution in [2.24, 2.45) is 0 Å². The number of ketones is 2. The van der Waals surface area contributed by atoms with Gasteiger partial charge in [-0.25, -0.2) is 0 Å². The van der Waals surface area contributed by atoms with E-state index >= 15 is 0 Å². The monoisotopic (exact) mass is 146 g/mol. The highest BCUT2D eigenvalue weighted by Gasteiger charge is 2.03. The quantitative estimate of drug-likeness (QED) is 0.515. The molecule has 0 aliphatic rings. The fourth-order valence-corrected chi connectivity index (χ4v) is 0.437. The van der Waals surface area contributed by atoms with Gasteiger partial charge in [0.2, 0.25) is 0 Å². The number of aliphatic hydroxyl groups excluding tert-OH is 2. The normalized spacial score (nSPS) is 9.40. The molecule has 0 heterocycles. The zero-order valence-electron chi connectivity index (χ0n) is 5.54. The minimum Gasteiger partial charge on any atom is -0.389 e. The molecule has 0 saturated heterocycles. The maximum atomic E-state index is 10.3. The van der Waals surface area contributed by atoms with E-state index in [9.17, 15) is 9.59 Å². The standard InChI is InChI=1S/C6H10O4/c7-3-5(9)1-2-6(10)4-8/h7-8H,1-4H2. The van der Waals surface area contributed by atoms with Crippen LogP contribution in [-0.2, 0) is 9.59 Å². The molecular formula is C6H10O4. The maximum absolute atomic E-state index is 10.3. The summed E-state index contributed by atoms with van der Waals surface area (Å²) in [5.74, 6) is -0.747. The summed E-state index contributed by atoms with van der Waals surface area (Å²) in [5.41, 5.74) is 0. The third kappa shape index (κ3) is 4.17. The molecule has 2 N–H and O–H groups in total. The lowest BCUT2D eigenvalue weighted by atomic mass is 10.2. The predicted octanol–water partition coefficient (Wildman–Crippen LogP) is -1.11.